The van der Waals surface area contributed by atoms with Crippen molar-refractivity contribution in [3.8, 4) is 0 Å². The number of likely N-dealkylation sites (N-methyl/N-ethyl adjacent to an activating group) is 2. The van der Waals surface area contributed by atoms with Crippen molar-refractivity contribution in [3.05, 3.63) is 0 Å². The van der Waals surface area contributed by atoms with Crippen molar-refractivity contribution in [1.29, 1.82) is 0 Å². The van der Waals surface area contributed by atoms with Crippen LogP contribution in [0.15, 0.2) is 0 Å². The van der Waals surface area contributed by atoms with Crippen LogP contribution in [0.2, 0.25) is 0 Å². The molecule has 0 aromatic heterocycles. The van der Waals surface area contributed by atoms with Crippen molar-refractivity contribution in [2.75, 3.05) is 33.7 Å². The molecule has 5 heteroatoms. The third kappa shape index (κ3) is 2.92. The van der Waals surface area contributed by atoms with Crippen LogP contribution in [0.1, 0.15) is 13.3 Å². The number of hydrogen-bond donors (Lipinski definition) is 1. The first-order valence-corrected chi connectivity index (χ1v) is 5.24. The fraction of sp³-hybridized carbons (Fsp3) is 0.800. The lowest BCUT2D eigenvalue weighted by Crippen LogP contribution is -2.45. The fourth-order valence-corrected chi connectivity index (χ4v) is 1.79. The minimum atomic E-state index is 0.0334. The summed E-state index contributed by atoms with van der Waals surface area (Å²) in [6, 6.07) is 0.141. The number of amides is 2. The number of hydrogen-bond acceptors (Lipinski definition) is 3. The van der Waals surface area contributed by atoms with E-state index >= 15 is 0 Å². The molecule has 1 rings (SSSR count). The first kappa shape index (κ1) is 12.0. The van der Waals surface area contributed by atoms with Crippen molar-refractivity contribution < 1.29 is 9.59 Å². The van der Waals surface area contributed by atoms with Crippen LogP contribution < -0.4 is 5.32 Å². The molecule has 0 spiro atoms. The van der Waals surface area contributed by atoms with Crippen molar-refractivity contribution in [2.45, 2.75) is 19.4 Å². The Bertz CT molecular complexity index is 255. The monoisotopic (exact) mass is 213 g/mol. The minimum Gasteiger partial charge on any atom is -0.337 e. The topological polar surface area (TPSA) is 52.7 Å². The number of nitrogens with one attached hydrogen (secondary N) is 1. The Kier molecular flexibility index (Phi) is 4.08. The van der Waals surface area contributed by atoms with Crippen molar-refractivity contribution in [2.24, 2.45) is 0 Å². The SMILES string of the molecule is CNCC(C)N1CCC(=O)N(C)CC1=O. The molecule has 1 saturated heterocycles. The highest BCUT2D eigenvalue weighted by atomic mass is 16.2. The second-order valence-electron chi connectivity index (χ2n) is 3.99. The Hall–Kier alpha value is -1.10. The van der Waals surface area contributed by atoms with Gasteiger partial charge in [-0.3, -0.25) is 9.59 Å². The van der Waals surface area contributed by atoms with E-state index in [1.165, 1.54) is 4.90 Å². The maximum Gasteiger partial charge on any atom is 0.242 e. The van der Waals surface area contributed by atoms with Gasteiger partial charge in [-0.15, -0.1) is 0 Å². The van der Waals surface area contributed by atoms with E-state index < -0.39 is 0 Å². The molecule has 0 saturated carbocycles. The highest BCUT2D eigenvalue weighted by Crippen LogP contribution is 2.07. The summed E-state index contributed by atoms with van der Waals surface area (Å²) in [5.41, 5.74) is 0. The Morgan fingerprint density at radius 3 is 2.67 bits per heavy atom. The van der Waals surface area contributed by atoms with E-state index in [4.69, 9.17) is 0 Å². The highest BCUT2D eigenvalue weighted by Gasteiger charge is 2.26. The third-order valence-corrected chi connectivity index (χ3v) is 2.72. The van der Waals surface area contributed by atoms with Crippen LogP contribution >= 0.6 is 0 Å². The van der Waals surface area contributed by atoms with Gasteiger partial charge in [-0.2, -0.15) is 0 Å². The lowest BCUT2D eigenvalue weighted by atomic mass is 10.2. The first-order chi connectivity index (χ1) is 7.06. The lowest BCUT2D eigenvalue weighted by Gasteiger charge is -2.27. The van der Waals surface area contributed by atoms with Gasteiger partial charge in [-0.25, -0.2) is 0 Å². The molecule has 0 aromatic carbocycles. The van der Waals surface area contributed by atoms with Crippen LogP contribution in [0.4, 0.5) is 0 Å². The van der Waals surface area contributed by atoms with Gasteiger partial charge in [0.05, 0.1) is 6.54 Å². The Labute approximate surface area is 90.4 Å². The quantitative estimate of drug-likeness (QED) is 0.673. The van der Waals surface area contributed by atoms with Crippen molar-refractivity contribution in [1.82, 2.24) is 15.1 Å². The fourth-order valence-electron chi connectivity index (χ4n) is 1.79. The van der Waals surface area contributed by atoms with Gasteiger partial charge < -0.3 is 15.1 Å². The van der Waals surface area contributed by atoms with Gasteiger partial charge in [-0.05, 0) is 14.0 Å². The molecule has 0 bridgehead atoms. The molecule has 15 heavy (non-hydrogen) atoms. The van der Waals surface area contributed by atoms with Gasteiger partial charge in [0.1, 0.15) is 0 Å². The van der Waals surface area contributed by atoms with Gasteiger partial charge >= 0.3 is 0 Å². The first-order valence-electron chi connectivity index (χ1n) is 5.24. The van der Waals surface area contributed by atoms with Gasteiger partial charge in [0.25, 0.3) is 0 Å². The van der Waals surface area contributed by atoms with E-state index in [1.54, 1.807) is 11.9 Å². The van der Waals surface area contributed by atoms with Gasteiger partial charge in [0.2, 0.25) is 11.8 Å². The summed E-state index contributed by atoms with van der Waals surface area (Å²) in [6.07, 6.45) is 0.427. The lowest BCUT2D eigenvalue weighted by molar-refractivity contribution is -0.136. The van der Waals surface area contributed by atoms with Crippen LogP contribution in [-0.4, -0.2) is 61.4 Å². The number of carbonyl (C=O) groups excluding carboxylic acids is 2. The third-order valence-electron chi connectivity index (χ3n) is 2.72. The number of carbonyl (C=O) groups is 2. The summed E-state index contributed by atoms with van der Waals surface area (Å²) < 4.78 is 0. The van der Waals surface area contributed by atoms with Crippen LogP contribution in [-0.2, 0) is 9.59 Å². The average molecular weight is 213 g/mol. The summed E-state index contributed by atoms with van der Waals surface area (Å²) in [4.78, 5) is 26.5. The molecule has 1 N–H and O–H groups in total. The molecule has 86 valence electrons. The second kappa shape index (κ2) is 5.11. The van der Waals surface area contributed by atoms with Gasteiger partial charge in [-0.1, -0.05) is 0 Å². The van der Waals surface area contributed by atoms with Crippen LogP contribution in [0.3, 0.4) is 0 Å². The Morgan fingerprint density at radius 1 is 1.40 bits per heavy atom. The Morgan fingerprint density at radius 2 is 2.07 bits per heavy atom. The predicted molar refractivity (Wildman–Crippen MR) is 57.4 cm³/mol. The molecule has 0 aromatic rings. The molecular weight excluding hydrogens is 194 g/mol. The van der Waals surface area contributed by atoms with Gasteiger partial charge in [0.15, 0.2) is 0 Å². The Balaban J connectivity index is 2.65. The van der Waals surface area contributed by atoms with E-state index in [9.17, 15) is 9.59 Å². The maximum atomic E-state index is 11.8. The van der Waals surface area contributed by atoms with Crippen molar-refractivity contribution >= 4 is 11.8 Å². The number of rotatable bonds is 3. The molecule has 1 aliphatic rings. The smallest absolute Gasteiger partial charge is 0.242 e. The maximum absolute atomic E-state index is 11.8. The summed E-state index contributed by atoms with van der Waals surface area (Å²) in [7, 11) is 3.53. The molecule has 5 nitrogen and oxygen atoms in total. The van der Waals surface area contributed by atoms with Crippen LogP contribution in [0.5, 0.6) is 0 Å². The average Bonchev–Trinajstić information content (AvgIpc) is 2.28. The molecule has 0 radical (unpaired) electrons. The molecule has 1 atom stereocenters. The zero-order valence-corrected chi connectivity index (χ0v) is 9.62. The van der Waals surface area contributed by atoms with E-state index in [-0.39, 0.29) is 24.4 Å². The molecule has 2 amide bonds. The molecule has 1 fully saturated rings. The standard InChI is InChI=1S/C10H19N3O2/c1-8(6-11-2)13-5-4-9(14)12(3)7-10(13)15/h8,11H,4-7H2,1-3H3. The van der Waals surface area contributed by atoms with E-state index in [1.807, 2.05) is 14.0 Å². The zero-order chi connectivity index (χ0) is 11.4. The minimum absolute atomic E-state index is 0.0334. The summed E-state index contributed by atoms with van der Waals surface area (Å²) in [6.45, 7) is 3.48. The molecular formula is C10H19N3O2. The molecule has 1 heterocycles. The van der Waals surface area contributed by atoms with Gasteiger partial charge in [0, 0.05) is 32.6 Å². The second-order valence-corrected chi connectivity index (χ2v) is 3.99. The summed E-state index contributed by atoms with van der Waals surface area (Å²) in [5, 5.41) is 3.04. The van der Waals surface area contributed by atoms with Crippen LogP contribution in [0, 0.1) is 0 Å². The van der Waals surface area contributed by atoms with E-state index in [0.29, 0.717) is 13.0 Å². The van der Waals surface area contributed by atoms with Crippen LogP contribution in [0.25, 0.3) is 0 Å². The van der Waals surface area contributed by atoms with E-state index in [2.05, 4.69) is 5.32 Å². The predicted octanol–water partition coefficient (Wildman–Crippen LogP) is -0.715. The number of nitrogens with zero attached hydrogens (tertiary/aromatic N) is 2. The highest BCUT2D eigenvalue weighted by molar-refractivity contribution is 5.87. The largest absolute Gasteiger partial charge is 0.337 e. The van der Waals surface area contributed by atoms with Crippen molar-refractivity contribution in [3.63, 3.8) is 0 Å². The van der Waals surface area contributed by atoms with E-state index in [0.717, 1.165) is 6.54 Å². The zero-order valence-electron chi connectivity index (χ0n) is 9.62. The molecule has 1 unspecified atom stereocenters. The molecule has 1 aliphatic heterocycles. The molecule has 0 aliphatic carbocycles. The summed E-state index contributed by atoms with van der Waals surface area (Å²) >= 11 is 0. The normalized spacial score (nSPS) is 20.5. The summed E-state index contributed by atoms with van der Waals surface area (Å²) in [5.74, 6) is 0.0774.